The van der Waals surface area contributed by atoms with Gasteiger partial charge < -0.3 is 9.47 Å². The van der Waals surface area contributed by atoms with Crippen molar-refractivity contribution in [1.82, 2.24) is 0 Å². The van der Waals surface area contributed by atoms with Crippen LogP contribution in [0.2, 0.25) is 0 Å². The Morgan fingerprint density at radius 1 is 1.35 bits per heavy atom. The van der Waals surface area contributed by atoms with Crippen LogP contribution in [-0.4, -0.2) is 34.4 Å². The summed E-state index contributed by atoms with van der Waals surface area (Å²) in [6.45, 7) is 0. The van der Waals surface area contributed by atoms with Crippen LogP contribution in [0.15, 0.2) is 27.6 Å². The van der Waals surface area contributed by atoms with Crippen molar-refractivity contribution in [2.45, 2.75) is 4.90 Å². The van der Waals surface area contributed by atoms with Gasteiger partial charge in [0.25, 0.3) is 0 Å². The molecule has 5 nitrogen and oxygen atoms in total. The van der Waals surface area contributed by atoms with Gasteiger partial charge in [-0.3, -0.25) is 4.79 Å². The van der Waals surface area contributed by atoms with Gasteiger partial charge in [-0.25, -0.2) is 8.42 Å². The maximum Gasteiger partial charge on any atom is 0.321 e. The highest BCUT2D eigenvalue weighted by molar-refractivity contribution is 9.10. The van der Waals surface area contributed by atoms with Crippen LogP contribution in [-0.2, 0) is 19.4 Å². The van der Waals surface area contributed by atoms with Gasteiger partial charge in [0, 0.05) is 4.47 Å². The number of ether oxygens (including phenoxy) is 2. The fourth-order valence-electron chi connectivity index (χ4n) is 1.19. The van der Waals surface area contributed by atoms with Gasteiger partial charge in [-0.15, -0.1) is 0 Å². The monoisotopic (exact) mass is 322 g/mol. The molecule has 94 valence electrons. The molecule has 17 heavy (non-hydrogen) atoms. The second-order valence-corrected chi connectivity index (χ2v) is 6.00. The van der Waals surface area contributed by atoms with Crippen LogP contribution in [0, 0.1) is 0 Å². The number of hydrogen-bond acceptors (Lipinski definition) is 5. The Balaban J connectivity index is 3.22. The molecule has 0 radical (unpaired) electrons. The summed E-state index contributed by atoms with van der Waals surface area (Å²) in [5, 5.41) is 0. The normalized spacial score (nSPS) is 11.0. The predicted molar refractivity (Wildman–Crippen MR) is 64.8 cm³/mol. The molecule has 0 aliphatic rings. The van der Waals surface area contributed by atoms with Crippen LogP contribution < -0.4 is 4.74 Å². The zero-order chi connectivity index (χ0) is 13.1. The van der Waals surface area contributed by atoms with E-state index >= 15 is 0 Å². The first-order valence-electron chi connectivity index (χ1n) is 4.54. The Hall–Kier alpha value is -1.08. The largest absolute Gasteiger partial charge is 0.495 e. The number of carbonyl (C=O) groups is 1. The van der Waals surface area contributed by atoms with Crippen LogP contribution >= 0.6 is 15.9 Å². The molecular weight excluding hydrogens is 312 g/mol. The van der Waals surface area contributed by atoms with Crippen molar-refractivity contribution in [1.29, 1.82) is 0 Å². The summed E-state index contributed by atoms with van der Waals surface area (Å²) in [6.07, 6.45) is 0. The molecule has 0 N–H and O–H groups in total. The topological polar surface area (TPSA) is 69.7 Å². The molecule has 0 heterocycles. The Bertz CT molecular complexity index is 523. The Morgan fingerprint density at radius 2 is 2.00 bits per heavy atom. The molecular formula is C10H11BrO5S. The van der Waals surface area contributed by atoms with Crippen molar-refractivity contribution in [2.24, 2.45) is 0 Å². The van der Waals surface area contributed by atoms with Crippen LogP contribution in [0.3, 0.4) is 0 Å². The minimum atomic E-state index is -3.77. The van der Waals surface area contributed by atoms with Crippen molar-refractivity contribution in [2.75, 3.05) is 20.0 Å². The fraction of sp³-hybridized carbons (Fsp3) is 0.300. The molecule has 1 aromatic carbocycles. The lowest BCUT2D eigenvalue weighted by Gasteiger charge is -2.09. The van der Waals surface area contributed by atoms with E-state index in [1.807, 2.05) is 0 Å². The van der Waals surface area contributed by atoms with E-state index in [0.29, 0.717) is 4.47 Å². The first-order valence-corrected chi connectivity index (χ1v) is 6.98. The summed E-state index contributed by atoms with van der Waals surface area (Å²) < 4.78 is 33.7. The van der Waals surface area contributed by atoms with Crippen LogP contribution in [0.5, 0.6) is 5.75 Å². The van der Waals surface area contributed by atoms with E-state index in [1.54, 1.807) is 6.07 Å². The molecule has 1 rings (SSSR count). The fourth-order valence-corrected chi connectivity index (χ4v) is 3.05. The molecule has 0 saturated carbocycles. The maximum absolute atomic E-state index is 11.9. The van der Waals surface area contributed by atoms with Crippen LogP contribution in [0.4, 0.5) is 0 Å². The number of halogens is 1. The summed E-state index contributed by atoms with van der Waals surface area (Å²) in [5.41, 5.74) is 0. The molecule has 0 spiro atoms. The van der Waals surface area contributed by atoms with E-state index in [-0.39, 0.29) is 10.6 Å². The van der Waals surface area contributed by atoms with Crippen LogP contribution in [0.25, 0.3) is 0 Å². The van der Waals surface area contributed by atoms with Gasteiger partial charge in [0.1, 0.15) is 10.6 Å². The number of methoxy groups -OCH3 is 2. The van der Waals surface area contributed by atoms with Gasteiger partial charge in [0.15, 0.2) is 15.6 Å². The first-order chi connectivity index (χ1) is 7.90. The molecule has 0 bridgehead atoms. The van der Waals surface area contributed by atoms with E-state index in [4.69, 9.17) is 4.74 Å². The molecule has 0 unspecified atom stereocenters. The van der Waals surface area contributed by atoms with E-state index in [1.165, 1.54) is 19.2 Å². The third-order valence-corrected chi connectivity index (χ3v) is 4.09. The molecule has 1 aromatic rings. The lowest BCUT2D eigenvalue weighted by Crippen LogP contribution is -2.18. The van der Waals surface area contributed by atoms with E-state index in [2.05, 4.69) is 20.7 Å². The minimum Gasteiger partial charge on any atom is -0.495 e. The van der Waals surface area contributed by atoms with E-state index in [9.17, 15) is 13.2 Å². The van der Waals surface area contributed by atoms with Gasteiger partial charge in [0.2, 0.25) is 0 Å². The van der Waals surface area contributed by atoms with Crippen molar-refractivity contribution in [3.8, 4) is 5.75 Å². The van der Waals surface area contributed by atoms with Crippen molar-refractivity contribution >= 4 is 31.7 Å². The highest BCUT2D eigenvalue weighted by atomic mass is 79.9. The van der Waals surface area contributed by atoms with Crippen LogP contribution in [0.1, 0.15) is 0 Å². The van der Waals surface area contributed by atoms with Crippen molar-refractivity contribution < 1.29 is 22.7 Å². The second kappa shape index (κ2) is 5.50. The molecule has 7 heteroatoms. The Kier molecular flexibility index (Phi) is 4.53. The summed E-state index contributed by atoms with van der Waals surface area (Å²) in [6, 6.07) is 4.54. The molecule has 0 amide bonds. The number of sulfone groups is 1. The highest BCUT2D eigenvalue weighted by Gasteiger charge is 2.24. The predicted octanol–water partition coefficient (Wildman–Crippen LogP) is 1.40. The zero-order valence-corrected chi connectivity index (χ0v) is 11.7. The second-order valence-electron chi connectivity index (χ2n) is 3.13. The molecule has 0 atom stereocenters. The summed E-state index contributed by atoms with van der Waals surface area (Å²) in [5.74, 6) is -1.33. The highest BCUT2D eigenvalue weighted by Crippen LogP contribution is 2.28. The third kappa shape index (κ3) is 3.44. The number of esters is 1. The summed E-state index contributed by atoms with van der Waals surface area (Å²) in [4.78, 5) is 11.0. The summed E-state index contributed by atoms with van der Waals surface area (Å²) >= 11 is 3.17. The smallest absolute Gasteiger partial charge is 0.321 e. The number of rotatable bonds is 4. The van der Waals surface area contributed by atoms with Crippen molar-refractivity contribution in [3.63, 3.8) is 0 Å². The number of carbonyl (C=O) groups excluding carboxylic acids is 1. The maximum atomic E-state index is 11.9. The third-order valence-electron chi connectivity index (χ3n) is 2.00. The molecule has 0 fully saturated rings. The van der Waals surface area contributed by atoms with Gasteiger partial charge in [0.05, 0.1) is 14.2 Å². The lowest BCUT2D eigenvalue weighted by molar-refractivity contribution is -0.137. The molecule has 0 saturated heterocycles. The van der Waals surface area contributed by atoms with Gasteiger partial charge in [-0.2, -0.15) is 0 Å². The quantitative estimate of drug-likeness (QED) is 0.784. The number of hydrogen-bond donors (Lipinski definition) is 0. The van der Waals surface area contributed by atoms with E-state index < -0.39 is 21.6 Å². The lowest BCUT2D eigenvalue weighted by atomic mass is 10.3. The first kappa shape index (κ1) is 14.0. The average molecular weight is 323 g/mol. The van der Waals surface area contributed by atoms with Gasteiger partial charge in [-0.1, -0.05) is 15.9 Å². The SMILES string of the molecule is COC(=O)CS(=O)(=O)c1cc(Br)ccc1OC. The average Bonchev–Trinajstić information content (AvgIpc) is 2.28. The molecule has 0 aliphatic carbocycles. The van der Waals surface area contributed by atoms with Crippen molar-refractivity contribution in [3.05, 3.63) is 22.7 Å². The summed E-state index contributed by atoms with van der Waals surface area (Å²) in [7, 11) is -1.27. The Morgan fingerprint density at radius 3 is 2.53 bits per heavy atom. The standard InChI is InChI=1S/C10H11BrO5S/c1-15-8-4-3-7(11)5-9(8)17(13,14)6-10(12)16-2/h3-5H,6H2,1-2H3. The Labute approximate surface area is 108 Å². The zero-order valence-electron chi connectivity index (χ0n) is 9.27. The van der Waals surface area contributed by atoms with Gasteiger partial charge >= 0.3 is 5.97 Å². The van der Waals surface area contributed by atoms with Gasteiger partial charge in [-0.05, 0) is 18.2 Å². The molecule has 0 aliphatic heterocycles. The van der Waals surface area contributed by atoms with E-state index in [0.717, 1.165) is 7.11 Å². The number of benzene rings is 1. The minimum absolute atomic E-state index is 0.0419. The molecule has 0 aromatic heterocycles.